The number of halogens is 2. The summed E-state index contributed by atoms with van der Waals surface area (Å²) in [7, 11) is 0. The summed E-state index contributed by atoms with van der Waals surface area (Å²) in [6.45, 7) is 13.6. The molecule has 1 aliphatic heterocycles. The Morgan fingerprint density at radius 3 is 2.55 bits per heavy atom. The molecule has 1 aliphatic carbocycles. The second-order valence-electron chi connectivity index (χ2n) is 13.6. The van der Waals surface area contributed by atoms with Gasteiger partial charge in [-0.1, -0.05) is 60.1 Å². The van der Waals surface area contributed by atoms with Crippen LogP contribution in [-0.4, -0.2) is 34.5 Å². The van der Waals surface area contributed by atoms with Gasteiger partial charge in [0.05, 0.1) is 30.0 Å². The van der Waals surface area contributed by atoms with Crippen molar-refractivity contribution in [3.05, 3.63) is 81.2 Å². The standard InChI is InChI=1S/C37H43BrFNO4/c1-22(2)34-30(18-17-27-20-28(43-37(6,7)42-27)21-32(41)44-36(3,4)5)33(24-12-15-26(39)16-13-24)29-10-8-9-23-11-14-25(38)19-31(23)35(29)40-34/h11-19,22,27-28H,8-10,20-21H2,1-7H3/b18-17+/t27-,28-/m1/s1. The number of ether oxygens (including phenoxy) is 3. The van der Waals surface area contributed by atoms with Gasteiger partial charge in [-0.25, -0.2) is 4.39 Å². The van der Waals surface area contributed by atoms with E-state index in [1.165, 1.54) is 23.3 Å². The van der Waals surface area contributed by atoms with Gasteiger partial charge >= 0.3 is 5.97 Å². The van der Waals surface area contributed by atoms with Crippen LogP contribution in [0.25, 0.3) is 28.5 Å². The maximum atomic E-state index is 14.1. The van der Waals surface area contributed by atoms with Crippen LogP contribution in [0.5, 0.6) is 0 Å². The highest BCUT2D eigenvalue weighted by Gasteiger charge is 2.36. The Hall–Kier alpha value is -2.87. The van der Waals surface area contributed by atoms with Gasteiger partial charge in [-0.3, -0.25) is 9.78 Å². The number of nitrogens with zero attached hydrogens (tertiary/aromatic N) is 1. The molecule has 2 heterocycles. The molecule has 2 aliphatic rings. The van der Waals surface area contributed by atoms with E-state index in [9.17, 15) is 9.18 Å². The first-order chi connectivity index (χ1) is 20.7. The largest absolute Gasteiger partial charge is 0.460 e. The first-order valence-corrected chi connectivity index (χ1v) is 16.4. The predicted octanol–water partition coefficient (Wildman–Crippen LogP) is 9.58. The second kappa shape index (κ2) is 12.9. The maximum absolute atomic E-state index is 14.1. The molecule has 44 heavy (non-hydrogen) atoms. The number of benzene rings is 2. The number of carbonyl (C=O) groups is 1. The Kier molecular flexibility index (Phi) is 9.50. The Morgan fingerprint density at radius 2 is 1.86 bits per heavy atom. The average molecular weight is 665 g/mol. The van der Waals surface area contributed by atoms with Crippen LogP contribution in [0.3, 0.4) is 0 Å². The third kappa shape index (κ3) is 7.67. The summed E-state index contributed by atoms with van der Waals surface area (Å²) in [6, 6.07) is 13.2. The van der Waals surface area contributed by atoms with Crippen molar-refractivity contribution in [2.24, 2.45) is 0 Å². The normalized spacial score (nSPS) is 19.9. The second-order valence-corrected chi connectivity index (χ2v) is 14.5. The van der Waals surface area contributed by atoms with Crippen molar-refractivity contribution in [3.8, 4) is 22.4 Å². The minimum absolute atomic E-state index is 0.130. The lowest BCUT2D eigenvalue weighted by Crippen LogP contribution is -2.45. The van der Waals surface area contributed by atoms with E-state index in [0.29, 0.717) is 6.42 Å². The molecule has 2 atom stereocenters. The summed E-state index contributed by atoms with van der Waals surface area (Å²) >= 11 is 3.68. The van der Waals surface area contributed by atoms with Gasteiger partial charge in [0.15, 0.2) is 5.79 Å². The molecule has 2 aromatic carbocycles. The van der Waals surface area contributed by atoms with E-state index >= 15 is 0 Å². The molecule has 1 saturated heterocycles. The lowest BCUT2D eigenvalue weighted by Gasteiger charge is -2.40. The van der Waals surface area contributed by atoms with E-state index in [0.717, 1.165) is 57.4 Å². The first kappa shape index (κ1) is 32.5. The zero-order chi connectivity index (χ0) is 31.8. The van der Waals surface area contributed by atoms with Gasteiger partial charge < -0.3 is 14.2 Å². The minimum atomic E-state index is -0.871. The van der Waals surface area contributed by atoms with Crippen LogP contribution in [0.4, 0.5) is 4.39 Å². The number of carbonyl (C=O) groups excluding carboxylic acids is 1. The van der Waals surface area contributed by atoms with E-state index in [1.807, 2.05) is 46.8 Å². The van der Waals surface area contributed by atoms with Gasteiger partial charge in [0.1, 0.15) is 11.4 Å². The molecule has 3 aromatic rings. The van der Waals surface area contributed by atoms with Crippen molar-refractivity contribution in [2.45, 2.75) is 110 Å². The maximum Gasteiger partial charge on any atom is 0.308 e. The summed E-state index contributed by atoms with van der Waals surface area (Å²) < 4.78 is 33.2. The van der Waals surface area contributed by atoms with Crippen LogP contribution in [0.2, 0.25) is 0 Å². The molecular weight excluding hydrogens is 621 g/mol. The molecule has 7 heteroatoms. The van der Waals surface area contributed by atoms with Crippen LogP contribution in [0.1, 0.15) is 96.0 Å². The number of rotatable bonds is 6. The van der Waals surface area contributed by atoms with Gasteiger partial charge in [-0.05, 0) is 106 Å². The Morgan fingerprint density at radius 1 is 1.14 bits per heavy atom. The number of pyridine rings is 1. The third-order valence-corrected chi connectivity index (χ3v) is 8.41. The van der Waals surface area contributed by atoms with Gasteiger partial charge in [0.2, 0.25) is 0 Å². The van der Waals surface area contributed by atoms with Crippen LogP contribution in [-0.2, 0) is 31.8 Å². The van der Waals surface area contributed by atoms with Crippen LogP contribution >= 0.6 is 15.9 Å². The van der Waals surface area contributed by atoms with E-state index in [-0.39, 0.29) is 36.3 Å². The van der Waals surface area contributed by atoms with Crippen molar-refractivity contribution in [1.82, 2.24) is 4.98 Å². The molecule has 1 fully saturated rings. The van der Waals surface area contributed by atoms with E-state index in [4.69, 9.17) is 19.2 Å². The minimum Gasteiger partial charge on any atom is -0.460 e. The molecule has 0 bridgehead atoms. The third-order valence-electron chi connectivity index (χ3n) is 7.92. The van der Waals surface area contributed by atoms with Crippen molar-refractivity contribution in [2.75, 3.05) is 0 Å². The summed E-state index contributed by atoms with van der Waals surface area (Å²) in [5.41, 5.74) is 8.08. The number of hydrogen-bond donors (Lipinski definition) is 0. The van der Waals surface area contributed by atoms with Crippen molar-refractivity contribution in [3.63, 3.8) is 0 Å². The van der Waals surface area contributed by atoms with Crippen molar-refractivity contribution >= 4 is 28.0 Å². The average Bonchev–Trinajstić information content (AvgIpc) is 3.08. The first-order valence-electron chi connectivity index (χ1n) is 15.6. The fourth-order valence-corrected chi connectivity index (χ4v) is 6.65. The van der Waals surface area contributed by atoms with Gasteiger partial charge in [-0.2, -0.15) is 0 Å². The number of fused-ring (bicyclic) bond motifs is 3. The molecule has 0 N–H and O–H groups in total. The van der Waals surface area contributed by atoms with Crippen molar-refractivity contribution < 1.29 is 23.4 Å². The Balaban J connectivity index is 1.60. The van der Waals surface area contributed by atoms with Gasteiger partial charge in [0.25, 0.3) is 0 Å². The molecule has 0 spiro atoms. The molecule has 0 radical (unpaired) electrons. The molecule has 1 aromatic heterocycles. The molecule has 0 saturated carbocycles. The van der Waals surface area contributed by atoms with E-state index in [1.54, 1.807) is 0 Å². The molecule has 234 valence electrons. The lowest BCUT2D eigenvalue weighted by atomic mass is 9.86. The van der Waals surface area contributed by atoms with Gasteiger partial charge in [0, 0.05) is 22.0 Å². The topological polar surface area (TPSA) is 57.7 Å². The Labute approximate surface area is 269 Å². The fourth-order valence-electron chi connectivity index (χ4n) is 6.29. The molecule has 0 amide bonds. The molecular formula is C37H43BrFNO4. The van der Waals surface area contributed by atoms with E-state index in [2.05, 4.69) is 60.1 Å². The van der Waals surface area contributed by atoms with Crippen LogP contribution < -0.4 is 0 Å². The van der Waals surface area contributed by atoms with Crippen LogP contribution in [0.15, 0.2) is 53.0 Å². The fraction of sp³-hybridized carbons (Fsp3) is 0.459. The smallest absolute Gasteiger partial charge is 0.308 e. The highest BCUT2D eigenvalue weighted by molar-refractivity contribution is 9.10. The number of aromatic nitrogens is 1. The highest BCUT2D eigenvalue weighted by Crippen LogP contribution is 2.43. The monoisotopic (exact) mass is 663 g/mol. The quantitative estimate of drug-likeness (QED) is 0.246. The summed E-state index contributed by atoms with van der Waals surface area (Å²) in [5, 5.41) is 0. The zero-order valence-electron chi connectivity index (χ0n) is 26.8. The Bertz CT molecular complexity index is 1560. The predicted molar refractivity (Wildman–Crippen MR) is 177 cm³/mol. The molecule has 5 rings (SSSR count). The molecule has 5 nitrogen and oxygen atoms in total. The number of hydrogen-bond acceptors (Lipinski definition) is 5. The van der Waals surface area contributed by atoms with E-state index < -0.39 is 11.4 Å². The summed E-state index contributed by atoms with van der Waals surface area (Å²) in [4.78, 5) is 18.0. The van der Waals surface area contributed by atoms with Crippen LogP contribution in [0, 0.1) is 5.82 Å². The van der Waals surface area contributed by atoms with Crippen molar-refractivity contribution in [1.29, 1.82) is 0 Å². The van der Waals surface area contributed by atoms with Gasteiger partial charge in [-0.15, -0.1) is 0 Å². The lowest BCUT2D eigenvalue weighted by molar-refractivity contribution is -0.290. The molecule has 0 unspecified atom stereocenters. The summed E-state index contributed by atoms with van der Waals surface area (Å²) in [5.74, 6) is -1.29. The number of aryl methyl sites for hydroxylation is 1. The SMILES string of the molecule is CC(C)c1nc2c(c(-c3ccc(F)cc3)c1/C=C/[C@@H]1C[C@H](CC(=O)OC(C)(C)C)OC(C)(C)O1)CCCc1ccc(Br)cc1-2. The number of esters is 1. The zero-order valence-corrected chi connectivity index (χ0v) is 28.4. The highest BCUT2D eigenvalue weighted by atomic mass is 79.9. The summed E-state index contributed by atoms with van der Waals surface area (Å²) in [6.07, 6.45) is 7.04.